The van der Waals surface area contributed by atoms with Gasteiger partial charge in [0.1, 0.15) is 0 Å². The van der Waals surface area contributed by atoms with E-state index in [0.717, 1.165) is 6.42 Å². The van der Waals surface area contributed by atoms with E-state index in [1.165, 1.54) is 88.2 Å². The summed E-state index contributed by atoms with van der Waals surface area (Å²) in [4.78, 5) is 0. The van der Waals surface area contributed by atoms with Crippen LogP contribution in [0.3, 0.4) is 0 Å². The van der Waals surface area contributed by atoms with Gasteiger partial charge in [0.15, 0.2) is 0 Å². The number of hydrogen-bond acceptors (Lipinski definition) is 1. The van der Waals surface area contributed by atoms with Crippen molar-refractivity contribution in [2.75, 3.05) is 33.8 Å². The monoisotopic (exact) mass is 286 g/mol. The minimum atomic E-state index is 0.358. The summed E-state index contributed by atoms with van der Waals surface area (Å²) in [5, 5.41) is 8.76. The van der Waals surface area contributed by atoms with Crippen molar-refractivity contribution in [3.8, 4) is 0 Å². The maximum Gasteiger partial charge on any atom is 0.0782 e. The quantitative estimate of drug-likeness (QED) is 0.340. The first-order valence-corrected chi connectivity index (χ1v) is 9.05. The van der Waals surface area contributed by atoms with Crippen molar-refractivity contribution in [1.29, 1.82) is 0 Å². The Labute approximate surface area is 128 Å². The predicted octanol–water partition coefficient (Wildman–Crippen LogP) is 4.76. The number of quaternary nitrogens is 1. The predicted molar refractivity (Wildman–Crippen MR) is 90.0 cm³/mol. The summed E-state index contributed by atoms with van der Waals surface area (Å²) in [6.07, 6.45) is 16.1. The first kappa shape index (κ1) is 19.9. The molecule has 0 heterocycles. The Hall–Kier alpha value is -0.0800. The zero-order valence-electron chi connectivity index (χ0n) is 14.5. The summed E-state index contributed by atoms with van der Waals surface area (Å²) in [5.74, 6) is 0. The SMILES string of the molecule is CCCCCCCCCC[N+](C)(C)CCCCCCO. The molecule has 0 fully saturated rings. The Morgan fingerprint density at radius 1 is 0.600 bits per heavy atom. The fourth-order valence-electron chi connectivity index (χ4n) is 2.79. The van der Waals surface area contributed by atoms with E-state index in [0.29, 0.717) is 6.61 Å². The highest BCUT2D eigenvalue weighted by atomic mass is 16.2. The van der Waals surface area contributed by atoms with Crippen molar-refractivity contribution in [2.45, 2.75) is 84.0 Å². The maximum atomic E-state index is 8.76. The van der Waals surface area contributed by atoms with E-state index >= 15 is 0 Å². The molecule has 0 aliphatic heterocycles. The van der Waals surface area contributed by atoms with Crippen molar-refractivity contribution < 1.29 is 9.59 Å². The third-order valence-electron chi connectivity index (χ3n) is 4.29. The third-order valence-corrected chi connectivity index (χ3v) is 4.29. The average Bonchev–Trinajstić information content (AvgIpc) is 2.41. The molecular weight excluding hydrogens is 246 g/mol. The summed E-state index contributed by atoms with van der Waals surface area (Å²) < 4.78 is 1.18. The molecule has 122 valence electrons. The summed E-state index contributed by atoms with van der Waals surface area (Å²) in [7, 11) is 4.74. The van der Waals surface area contributed by atoms with Crippen molar-refractivity contribution in [3.05, 3.63) is 0 Å². The second kappa shape index (κ2) is 13.9. The van der Waals surface area contributed by atoms with E-state index in [2.05, 4.69) is 21.0 Å². The summed E-state index contributed by atoms with van der Waals surface area (Å²) >= 11 is 0. The Balaban J connectivity index is 3.33. The zero-order chi connectivity index (χ0) is 15.1. The summed E-state index contributed by atoms with van der Waals surface area (Å²) in [6.45, 7) is 5.26. The molecule has 2 nitrogen and oxygen atoms in total. The van der Waals surface area contributed by atoms with Gasteiger partial charge in [-0.05, 0) is 32.1 Å². The van der Waals surface area contributed by atoms with Crippen LogP contribution in [0, 0.1) is 0 Å². The molecule has 0 radical (unpaired) electrons. The van der Waals surface area contributed by atoms with Gasteiger partial charge in [-0.3, -0.25) is 0 Å². The molecule has 0 spiro atoms. The number of hydrogen-bond donors (Lipinski definition) is 1. The molecule has 0 saturated heterocycles. The van der Waals surface area contributed by atoms with Crippen LogP contribution in [0.4, 0.5) is 0 Å². The van der Waals surface area contributed by atoms with Crippen LogP contribution in [-0.2, 0) is 0 Å². The van der Waals surface area contributed by atoms with E-state index in [1.54, 1.807) is 0 Å². The van der Waals surface area contributed by atoms with Crippen LogP contribution < -0.4 is 0 Å². The number of aliphatic hydroxyl groups is 1. The molecule has 0 aromatic heterocycles. The van der Waals surface area contributed by atoms with E-state index in [4.69, 9.17) is 5.11 Å². The molecule has 0 unspecified atom stereocenters. The van der Waals surface area contributed by atoms with Crippen LogP contribution in [0.15, 0.2) is 0 Å². The van der Waals surface area contributed by atoms with Crippen molar-refractivity contribution >= 4 is 0 Å². The first-order valence-electron chi connectivity index (χ1n) is 9.05. The van der Waals surface area contributed by atoms with Gasteiger partial charge in [0, 0.05) is 6.61 Å². The van der Waals surface area contributed by atoms with Crippen molar-refractivity contribution in [3.63, 3.8) is 0 Å². The van der Waals surface area contributed by atoms with Crippen LogP contribution in [0.1, 0.15) is 84.0 Å². The van der Waals surface area contributed by atoms with E-state index in [9.17, 15) is 0 Å². The lowest BCUT2D eigenvalue weighted by Gasteiger charge is -2.30. The van der Waals surface area contributed by atoms with E-state index in [-0.39, 0.29) is 0 Å². The Morgan fingerprint density at radius 2 is 1.00 bits per heavy atom. The molecular formula is C18H40NO+. The minimum absolute atomic E-state index is 0.358. The van der Waals surface area contributed by atoms with Gasteiger partial charge in [-0.1, -0.05) is 51.9 Å². The summed E-state index contributed by atoms with van der Waals surface area (Å²) in [5.41, 5.74) is 0. The second-order valence-corrected chi connectivity index (χ2v) is 7.00. The molecule has 0 rings (SSSR count). The van der Waals surface area contributed by atoms with Crippen molar-refractivity contribution in [2.24, 2.45) is 0 Å². The zero-order valence-corrected chi connectivity index (χ0v) is 14.5. The number of nitrogens with zero attached hydrogens (tertiary/aromatic N) is 1. The highest BCUT2D eigenvalue weighted by molar-refractivity contribution is 4.47. The van der Waals surface area contributed by atoms with Crippen LogP contribution in [-0.4, -0.2) is 43.4 Å². The highest BCUT2D eigenvalue weighted by Gasteiger charge is 2.13. The molecule has 0 amide bonds. The molecule has 0 aliphatic rings. The Morgan fingerprint density at radius 3 is 1.45 bits per heavy atom. The average molecular weight is 287 g/mol. The normalized spacial score (nSPS) is 12.0. The summed E-state index contributed by atoms with van der Waals surface area (Å²) in [6, 6.07) is 0. The number of aliphatic hydroxyl groups excluding tert-OH is 1. The standard InChI is InChI=1S/C18H40NO/c1-4-5-6-7-8-9-10-13-16-19(2,3)17-14-11-12-15-18-20/h20H,4-18H2,1-3H3/q+1. The molecule has 0 aromatic carbocycles. The number of unbranched alkanes of at least 4 members (excludes halogenated alkanes) is 10. The van der Waals surface area contributed by atoms with Gasteiger partial charge in [-0.15, -0.1) is 0 Å². The topological polar surface area (TPSA) is 20.2 Å². The van der Waals surface area contributed by atoms with Crippen LogP contribution in [0.5, 0.6) is 0 Å². The lowest BCUT2D eigenvalue weighted by molar-refractivity contribution is -0.890. The largest absolute Gasteiger partial charge is 0.396 e. The Bertz CT molecular complexity index is 192. The fourth-order valence-corrected chi connectivity index (χ4v) is 2.79. The minimum Gasteiger partial charge on any atom is -0.396 e. The number of rotatable bonds is 15. The van der Waals surface area contributed by atoms with Gasteiger partial charge >= 0.3 is 0 Å². The lowest BCUT2D eigenvalue weighted by Crippen LogP contribution is -2.41. The Kier molecular flexibility index (Phi) is 13.8. The lowest BCUT2D eigenvalue weighted by atomic mass is 10.1. The van der Waals surface area contributed by atoms with Crippen LogP contribution >= 0.6 is 0 Å². The molecule has 2 heteroatoms. The molecule has 20 heavy (non-hydrogen) atoms. The maximum absolute atomic E-state index is 8.76. The van der Waals surface area contributed by atoms with Gasteiger partial charge in [0.2, 0.25) is 0 Å². The van der Waals surface area contributed by atoms with Gasteiger partial charge in [-0.25, -0.2) is 0 Å². The van der Waals surface area contributed by atoms with E-state index < -0.39 is 0 Å². The van der Waals surface area contributed by atoms with Gasteiger partial charge in [0.05, 0.1) is 27.2 Å². The second-order valence-electron chi connectivity index (χ2n) is 7.00. The van der Waals surface area contributed by atoms with Crippen molar-refractivity contribution in [1.82, 2.24) is 0 Å². The van der Waals surface area contributed by atoms with Gasteiger partial charge < -0.3 is 9.59 Å². The molecule has 0 aromatic rings. The smallest absolute Gasteiger partial charge is 0.0782 e. The molecule has 1 N–H and O–H groups in total. The fraction of sp³-hybridized carbons (Fsp3) is 1.00. The highest BCUT2D eigenvalue weighted by Crippen LogP contribution is 2.11. The van der Waals surface area contributed by atoms with Crippen LogP contribution in [0.2, 0.25) is 0 Å². The molecule has 0 atom stereocenters. The molecule has 0 aliphatic carbocycles. The third kappa shape index (κ3) is 14.3. The first-order chi connectivity index (χ1) is 9.62. The molecule has 0 bridgehead atoms. The van der Waals surface area contributed by atoms with E-state index in [1.807, 2.05) is 0 Å². The van der Waals surface area contributed by atoms with Gasteiger partial charge in [-0.2, -0.15) is 0 Å². The molecule has 0 saturated carbocycles. The van der Waals surface area contributed by atoms with Crippen LogP contribution in [0.25, 0.3) is 0 Å². The van der Waals surface area contributed by atoms with Gasteiger partial charge in [0.25, 0.3) is 0 Å².